The Morgan fingerprint density at radius 3 is 2.76 bits per heavy atom. The van der Waals surface area contributed by atoms with Gasteiger partial charge >= 0.3 is 5.97 Å². The molecule has 1 aromatic heterocycles. The topological polar surface area (TPSA) is 66.4 Å². The average molecular weight is 255 g/mol. The Morgan fingerprint density at radius 2 is 2.24 bits per heavy atom. The molecule has 94 valence electrons. The van der Waals surface area contributed by atoms with E-state index in [1.807, 2.05) is 0 Å². The molecule has 0 saturated heterocycles. The summed E-state index contributed by atoms with van der Waals surface area (Å²) >= 11 is 1.42. The van der Waals surface area contributed by atoms with Gasteiger partial charge in [0.05, 0.1) is 5.56 Å². The lowest BCUT2D eigenvalue weighted by Crippen LogP contribution is -2.40. The molecule has 0 saturated carbocycles. The first-order valence-electron chi connectivity index (χ1n) is 5.71. The minimum absolute atomic E-state index is 0.310. The van der Waals surface area contributed by atoms with Gasteiger partial charge in [0.25, 0.3) is 5.91 Å². The van der Waals surface area contributed by atoms with Crippen LogP contribution in [0.25, 0.3) is 0 Å². The molecule has 0 unspecified atom stereocenters. The summed E-state index contributed by atoms with van der Waals surface area (Å²) < 4.78 is 0. The molecule has 1 rings (SSSR count). The summed E-state index contributed by atoms with van der Waals surface area (Å²) in [6, 6.07) is 0.902. The van der Waals surface area contributed by atoms with E-state index in [1.54, 1.807) is 16.8 Å². The molecular weight excluding hydrogens is 238 g/mol. The van der Waals surface area contributed by atoms with E-state index in [0.29, 0.717) is 12.0 Å². The fourth-order valence-corrected chi connectivity index (χ4v) is 2.13. The number of nitrogens with one attached hydrogen (secondary N) is 1. The summed E-state index contributed by atoms with van der Waals surface area (Å²) in [5, 5.41) is 15.1. The maximum absolute atomic E-state index is 11.7. The van der Waals surface area contributed by atoms with Gasteiger partial charge in [0, 0.05) is 5.38 Å². The highest BCUT2D eigenvalue weighted by molar-refractivity contribution is 7.08. The van der Waals surface area contributed by atoms with E-state index in [0.717, 1.165) is 19.3 Å². The molecule has 0 aliphatic carbocycles. The van der Waals surface area contributed by atoms with Crippen molar-refractivity contribution in [1.82, 2.24) is 5.32 Å². The van der Waals surface area contributed by atoms with Gasteiger partial charge in [-0.2, -0.15) is 11.3 Å². The van der Waals surface area contributed by atoms with Gasteiger partial charge in [-0.1, -0.05) is 26.2 Å². The van der Waals surface area contributed by atoms with Gasteiger partial charge in [0.15, 0.2) is 0 Å². The van der Waals surface area contributed by atoms with Crippen molar-refractivity contribution >= 4 is 23.2 Å². The summed E-state index contributed by atoms with van der Waals surface area (Å²) in [5.74, 6) is -1.28. The number of hydrogen-bond donors (Lipinski definition) is 2. The Bertz CT molecular complexity index is 362. The molecule has 1 atom stereocenters. The first kappa shape index (κ1) is 13.7. The van der Waals surface area contributed by atoms with E-state index in [4.69, 9.17) is 5.11 Å². The highest BCUT2D eigenvalue weighted by Gasteiger charge is 2.20. The zero-order valence-corrected chi connectivity index (χ0v) is 10.6. The van der Waals surface area contributed by atoms with Crippen LogP contribution in [0.3, 0.4) is 0 Å². The first-order chi connectivity index (χ1) is 8.15. The predicted octanol–water partition coefficient (Wildman–Crippen LogP) is 2.51. The quantitative estimate of drug-likeness (QED) is 0.736. The van der Waals surface area contributed by atoms with Crippen molar-refractivity contribution in [2.45, 2.75) is 38.6 Å². The summed E-state index contributed by atoms with van der Waals surface area (Å²) in [6.45, 7) is 2.06. The number of rotatable bonds is 7. The SMILES string of the molecule is CCCCC[C@@H](NC(=O)c1ccsc1)C(=O)O. The number of thiophene rings is 1. The molecule has 1 amide bonds. The van der Waals surface area contributed by atoms with Crippen molar-refractivity contribution in [3.05, 3.63) is 22.4 Å². The molecule has 0 bridgehead atoms. The maximum Gasteiger partial charge on any atom is 0.326 e. The van der Waals surface area contributed by atoms with E-state index in [1.165, 1.54) is 11.3 Å². The van der Waals surface area contributed by atoms with Crippen LogP contribution in [0.15, 0.2) is 16.8 Å². The van der Waals surface area contributed by atoms with Crippen LogP contribution in [0.1, 0.15) is 43.0 Å². The third-order valence-corrected chi connectivity index (χ3v) is 3.17. The van der Waals surface area contributed by atoms with Crippen molar-refractivity contribution in [3.63, 3.8) is 0 Å². The first-order valence-corrected chi connectivity index (χ1v) is 6.65. The Morgan fingerprint density at radius 1 is 1.47 bits per heavy atom. The number of carboxylic acid groups (broad SMARTS) is 1. The van der Waals surface area contributed by atoms with Crippen LogP contribution in [-0.4, -0.2) is 23.0 Å². The van der Waals surface area contributed by atoms with Crippen LogP contribution in [0, 0.1) is 0 Å². The maximum atomic E-state index is 11.7. The largest absolute Gasteiger partial charge is 0.480 e. The zero-order valence-electron chi connectivity index (χ0n) is 9.81. The molecule has 2 N–H and O–H groups in total. The lowest BCUT2D eigenvalue weighted by Gasteiger charge is -2.13. The zero-order chi connectivity index (χ0) is 12.7. The Kier molecular flexibility index (Phi) is 5.69. The molecule has 0 radical (unpaired) electrons. The van der Waals surface area contributed by atoms with Gasteiger partial charge in [-0.15, -0.1) is 0 Å². The Hall–Kier alpha value is -1.36. The number of carboxylic acids is 1. The smallest absolute Gasteiger partial charge is 0.326 e. The van der Waals surface area contributed by atoms with Crippen molar-refractivity contribution in [2.75, 3.05) is 0 Å². The monoisotopic (exact) mass is 255 g/mol. The van der Waals surface area contributed by atoms with E-state index in [2.05, 4.69) is 12.2 Å². The third-order valence-electron chi connectivity index (χ3n) is 2.48. The second kappa shape index (κ2) is 7.06. The average Bonchev–Trinajstić information content (AvgIpc) is 2.81. The number of unbranched alkanes of at least 4 members (excludes halogenated alkanes) is 2. The minimum atomic E-state index is -0.968. The summed E-state index contributed by atoms with van der Waals surface area (Å²) in [4.78, 5) is 22.7. The third kappa shape index (κ3) is 4.56. The van der Waals surface area contributed by atoms with Gasteiger partial charge in [0.1, 0.15) is 6.04 Å². The van der Waals surface area contributed by atoms with Gasteiger partial charge in [0.2, 0.25) is 0 Å². The van der Waals surface area contributed by atoms with E-state index < -0.39 is 12.0 Å². The van der Waals surface area contributed by atoms with Crippen LogP contribution < -0.4 is 5.32 Å². The second-order valence-electron chi connectivity index (χ2n) is 3.87. The van der Waals surface area contributed by atoms with Crippen LogP contribution >= 0.6 is 11.3 Å². The lowest BCUT2D eigenvalue weighted by atomic mass is 10.1. The number of amides is 1. The number of aliphatic carboxylic acids is 1. The molecular formula is C12H17NO3S. The van der Waals surface area contributed by atoms with Crippen molar-refractivity contribution < 1.29 is 14.7 Å². The lowest BCUT2D eigenvalue weighted by molar-refractivity contribution is -0.139. The van der Waals surface area contributed by atoms with E-state index in [-0.39, 0.29) is 5.91 Å². The van der Waals surface area contributed by atoms with Gasteiger partial charge < -0.3 is 10.4 Å². The molecule has 0 aliphatic rings. The number of carbonyl (C=O) groups excluding carboxylic acids is 1. The summed E-state index contributed by atoms with van der Waals surface area (Å²) in [7, 11) is 0. The molecule has 1 aromatic rings. The molecule has 17 heavy (non-hydrogen) atoms. The van der Waals surface area contributed by atoms with Crippen molar-refractivity contribution in [3.8, 4) is 0 Å². The molecule has 1 heterocycles. The van der Waals surface area contributed by atoms with E-state index in [9.17, 15) is 9.59 Å². The van der Waals surface area contributed by atoms with E-state index >= 15 is 0 Å². The predicted molar refractivity (Wildman–Crippen MR) is 67.4 cm³/mol. The molecule has 0 fully saturated rings. The Labute approximate surface area is 105 Å². The van der Waals surface area contributed by atoms with Gasteiger partial charge in [-0.3, -0.25) is 4.79 Å². The standard InChI is InChI=1S/C12H17NO3S/c1-2-3-4-5-10(12(15)16)13-11(14)9-6-7-17-8-9/h6-8,10H,2-5H2,1H3,(H,13,14)(H,15,16)/t10-/m1/s1. The summed E-state index contributed by atoms with van der Waals surface area (Å²) in [6.07, 6.45) is 3.32. The normalized spacial score (nSPS) is 12.1. The van der Waals surface area contributed by atoms with Crippen molar-refractivity contribution in [1.29, 1.82) is 0 Å². The van der Waals surface area contributed by atoms with Crippen molar-refractivity contribution in [2.24, 2.45) is 0 Å². The number of carbonyl (C=O) groups is 2. The fourth-order valence-electron chi connectivity index (χ4n) is 1.49. The number of hydrogen-bond acceptors (Lipinski definition) is 3. The summed E-state index contributed by atoms with van der Waals surface area (Å²) in [5.41, 5.74) is 0.525. The Balaban J connectivity index is 2.49. The van der Waals surface area contributed by atoms with Crippen LogP contribution in [-0.2, 0) is 4.79 Å². The highest BCUT2D eigenvalue weighted by Crippen LogP contribution is 2.08. The van der Waals surface area contributed by atoms with Gasteiger partial charge in [-0.05, 0) is 17.9 Å². The van der Waals surface area contributed by atoms with Crippen LogP contribution in [0.4, 0.5) is 0 Å². The molecule has 4 nitrogen and oxygen atoms in total. The van der Waals surface area contributed by atoms with Crippen LogP contribution in [0.2, 0.25) is 0 Å². The van der Waals surface area contributed by atoms with Crippen LogP contribution in [0.5, 0.6) is 0 Å². The second-order valence-corrected chi connectivity index (χ2v) is 4.65. The fraction of sp³-hybridized carbons (Fsp3) is 0.500. The molecule has 0 aromatic carbocycles. The highest BCUT2D eigenvalue weighted by atomic mass is 32.1. The molecule has 0 spiro atoms. The minimum Gasteiger partial charge on any atom is -0.480 e. The molecule has 0 aliphatic heterocycles. The molecule has 5 heteroatoms. The van der Waals surface area contributed by atoms with Gasteiger partial charge in [-0.25, -0.2) is 4.79 Å².